The van der Waals surface area contributed by atoms with Gasteiger partial charge in [0.25, 0.3) is 0 Å². The van der Waals surface area contributed by atoms with E-state index in [0.29, 0.717) is 0 Å². The summed E-state index contributed by atoms with van der Waals surface area (Å²) in [4.78, 5) is 20.2. The Hall–Kier alpha value is 0.390. The van der Waals surface area contributed by atoms with Gasteiger partial charge in [-0.2, -0.15) is 0 Å². The number of hydrogen-bond donors (Lipinski definition) is 1. The van der Waals surface area contributed by atoms with Gasteiger partial charge in [0.1, 0.15) is 0 Å². The Balaban J connectivity index is -0.0000000662. The normalized spacial score (nSPS) is 8.48. The number of carbonyl (C=O) groups is 2. The molecule has 0 aliphatic carbocycles. The van der Waals surface area contributed by atoms with Crippen LogP contribution in [-0.4, -0.2) is 36.1 Å². The van der Waals surface area contributed by atoms with Crippen LogP contribution in [0.4, 0.5) is 0 Å². The van der Waals surface area contributed by atoms with E-state index in [2.05, 4.69) is 31.6 Å². The van der Waals surface area contributed by atoms with Crippen molar-refractivity contribution < 1.29 is 86.8 Å². The first-order valence-electron chi connectivity index (χ1n) is 6.37. The Morgan fingerprint density at radius 2 is 1.41 bits per heavy atom. The Kier molecular flexibility index (Phi) is 40.7. The summed E-state index contributed by atoms with van der Waals surface area (Å²) in [6.45, 7) is 15.5. The molecule has 0 radical (unpaired) electrons. The molecule has 0 atom stereocenters. The van der Waals surface area contributed by atoms with E-state index < -0.39 is 33.3 Å². The van der Waals surface area contributed by atoms with Crippen molar-refractivity contribution in [1.82, 2.24) is 5.32 Å². The van der Waals surface area contributed by atoms with Crippen LogP contribution < -0.4 is 69.5 Å². The number of nitrogens with one attached hydrogen (secondary N) is 1. The van der Waals surface area contributed by atoms with Gasteiger partial charge >= 0.3 is 59.1 Å². The fraction of sp³-hybridized carbons (Fsp3) is 0.333. The van der Waals surface area contributed by atoms with Gasteiger partial charge in [0.05, 0.1) is 15.9 Å². The van der Waals surface area contributed by atoms with Crippen molar-refractivity contribution in [2.45, 2.75) is 25.8 Å². The molecule has 0 heterocycles. The van der Waals surface area contributed by atoms with Gasteiger partial charge in [0.2, 0.25) is 5.91 Å². The van der Waals surface area contributed by atoms with Crippen LogP contribution in [0.1, 0.15) is 20.3 Å². The van der Waals surface area contributed by atoms with Crippen molar-refractivity contribution in [3.8, 4) is 0 Å². The van der Waals surface area contributed by atoms with E-state index in [1.165, 1.54) is 31.0 Å². The monoisotopic (exact) mass is 461 g/mol. The molecule has 27 heavy (non-hydrogen) atoms. The van der Waals surface area contributed by atoms with Crippen LogP contribution in [-0.2, 0) is 19.7 Å². The molecule has 1 amide bonds. The summed E-state index contributed by atoms with van der Waals surface area (Å²) in [7, 11) is -4.33. The van der Waals surface area contributed by atoms with E-state index in [1.54, 1.807) is 0 Å². The number of amides is 1. The third-order valence-electron chi connectivity index (χ3n) is 1.50. The third kappa shape index (κ3) is 58.4. The number of carboxylic acids is 1. The van der Waals surface area contributed by atoms with Crippen LogP contribution in [0.25, 0.3) is 0 Å². The van der Waals surface area contributed by atoms with E-state index in [9.17, 15) is 27.7 Å². The molecule has 0 spiro atoms. The first-order chi connectivity index (χ1) is 11.3. The van der Waals surface area contributed by atoms with Crippen molar-refractivity contribution in [2.75, 3.05) is 5.75 Å². The zero-order valence-electron chi connectivity index (χ0n) is 16.2. The number of halogens is 2. The maximum absolute atomic E-state index is 10.8. The number of carboxylic acid groups (broad SMARTS) is 1. The molecule has 1 N–H and O–H groups in total. The standard InChI is InChI=1S/C7H13NO4S.C4H6O2.2C2H3Cl.2Na/c1-4-6(9)8-7(2,3)5-13(10,11)12;1-2-3-4(5)6;2*1-2-3;;/h4H,1,5H2,2-3H3,(H,8,9)(H,10,11,12);2H,1,3H2,(H,5,6);2*2H,1H2;;/q;;;;2*+1/p-2. The fourth-order valence-electron chi connectivity index (χ4n) is 0.980. The Morgan fingerprint density at radius 1 is 1.07 bits per heavy atom. The van der Waals surface area contributed by atoms with E-state index in [0.717, 1.165) is 6.08 Å². The molecule has 0 saturated heterocycles. The van der Waals surface area contributed by atoms with Gasteiger partial charge in [-0.15, -0.1) is 6.58 Å². The van der Waals surface area contributed by atoms with Crippen LogP contribution in [0, 0.1) is 0 Å². The Bertz CT molecular complexity index is 534. The van der Waals surface area contributed by atoms with E-state index in [4.69, 9.17) is 23.2 Å². The molecule has 7 nitrogen and oxygen atoms in total. The van der Waals surface area contributed by atoms with E-state index in [1.807, 2.05) is 0 Å². The molecule has 0 fully saturated rings. The summed E-state index contributed by atoms with van der Waals surface area (Å²) in [5.74, 6) is -2.22. The quantitative estimate of drug-likeness (QED) is 0.184. The number of hydrogen-bond acceptors (Lipinski definition) is 6. The van der Waals surface area contributed by atoms with Gasteiger partial charge < -0.3 is 19.8 Å². The molecular formula is C15H23Cl2NNa2O6S. The predicted octanol–water partition coefficient (Wildman–Crippen LogP) is -4.33. The molecule has 12 heteroatoms. The first-order valence-corrected chi connectivity index (χ1v) is 8.82. The molecule has 0 bridgehead atoms. The predicted molar refractivity (Wildman–Crippen MR) is 98.9 cm³/mol. The minimum atomic E-state index is -4.33. The Labute approximate surface area is 216 Å². The summed E-state index contributed by atoms with van der Waals surface area (Å²) < 4.78 is 31.2. The second-order valence-corrected chi connectivity index (χ2v) is 6.47. The van der Waals surface area contributed by atoms with Crippen LogP contribution in [0.3, 0.4) is 0 Å². The van der Waals surface area contributed by atoms with Gasteiger partial charge in [0.15, 0.2) is 0 Å². The van der Waals surface area contributed by atoms with E-state index in [-0.39, 0.29) is 65.5 Å². The average molecular weight is 462 g/mol. The topological polar surface area (TPSA) is 126 Å². The summed E-state index contributed by atoms with van der Waals surface area (Å²) in [5, 5.41) is 11.7. The summed E-state index contributed by atoms with van der Waals surface area (Å²) in [6, 6.07) is 0. The zero-order valence-corrected chi connectivity index (χ0v) is 22.5. The van der Waals surface area contributed by atoms with E-state index >= 15 is 0 Å². The molecule has 0 unspecified atom stereocenters. The molecule has 0 aromatic carbocycles. The molecule has 0 aliphatic heterocycles. The van der Waals surface area contributed by atoms with Gasteiger partial charge in [0, 0.05) is 17.9 Å². The molecular weight excluding hydrogens is 439 g/mol. The SMILES string of the molecule is C=CC(=O)NC(C)(C)CS(=O)(=O)[O-].C=CCC(=O)[O-].C=CCl.C=CCl.[Na+].[Na+]. The fourth-order valence-corrected chi connectivity index (χ4v) is 1.94. The summed E-state index contributed by atoms with van der Waals surface area (Å²) >= 11 is 9.52. The maximum atomic E-state index is 10.8. The largest absolute Gasteiger partial charge is 1.00 e. The maximum Gasteiger partial charge on any atom is 1.00 e. The van der Waals surface area contributed by atoms with Gasteiger partial charge in [-0.1, -0.05) is 49.0 Å². The smallest absolute Gasteiger partial charge is 0.748 e. The average Bonchev–Trinajstić information content (AvgIpc) is 2.37. The first kappa shape index (κ1) is 41.7. The number of rotatable bonds is 6. The van der Waals surface area contributed by atoms with Gasteiger partial charge in [-0.25, -0.2) is 8.42 Å². The number of carbonyl (C=O) groups excluding carboxylic acids is 2. The molecule has 0 aromatic rings. The van der Waals surface area contributed by atoms with Crippen molar-refractivity contribution >= 4 is 45.2 Å². The van der Waals surface area contributed by atoms with Crippen molar-refractivity contribution in [1.29, 1.82) is 0 Å². The van der Waals surface area contributed by atoms with Crippen molar-refractivity contribution in [3.05, 3.63) is 49.5 Å². The van der Waals surface area contributed by atoms with Crippen molar-refractivity contribution in [3.63, 3.8) is 0 Å². The zero-order chi connectivity index (χ0) is 21.1. The molecule has 0 rings (SSSR count). The molecule has 0 aliphatic rings. The minimum Gasteiger partial charge on any atom is -0.748 e. The van der Waals surface area contributed by atoms with Crippen LogP contribution in [0.5, 0.6) is 0 Å². The van der Waals surface area contributed by atoms with Crippen molar-refractivity contribution in [2.24, 2.45) is 0 Å². The molecule has 146 valence electrons. The van der Waals surface area contributed by atoms with Crippen LogP contribution >= 0.6 is 23.2 Å². The summed E-state index contributed by atoms with van der Waals surface area (Å²) in [6.07, 6.45) is 2.24. The van der Waals surface area contributed by atoms with Gasteiger partial charge in [-0.05, 0) is 31.0 Å². The second-order valence-electron chi connectivity index (χ2n) is 4.45. The molecule has 0 aromatic heterocycles. The second kappa shape index (κ2) is 26.4. The van der Waals surface area contributed by atoms with Crippen LogP contribution in [0.2, 0.25) is 0 Å². The summed E-state index contributed by atoms with van der Waals surface area (Å²) in [5.41, 5.74) is 1.38. The third-order valence-corrected chi connectivity index (χ3v) is 2.57. The minimum absolute atomic E-state index is 0. The number of aliphatic carboxylic acids is 1. The molecule has 0 saturated carbocycles. The van der Waals surface area contributed by atoms with Crippen LogP contribution in [0.15, 0.2) is 49.5 Å². The van der Waals surface area contributed by atoms with Gasteiger partial charge in [-0.3, -0.25) is 4.79 Å². The Morgan fingerprint density at radius 3 is 1.56 bits per heavy atom.